The van der Waals surface area contributed by atoms with Crippen molar-refractivity contribution in [3.05, 3.63) is 64.9 Å². The highest BCUT2D eigenvalue weighted by Crippen LogP contribution is 2.38. The predicted molar refractivity (Wildman–Crippen MR) is 133 cm³/mol. The number of amides is 1. The van der Waals surface area contributed by atoms with Gasteiger partial charge in [-0.2, -0.15) is 0 Å². The SMILES string of the molecule is CCCCn1cc(C(=O)N2CCC(c3cc(CN)ccc3F)CC2)c2c(OC(F)(F)F)ccc(F)c21.Cl. The summed E-state index contributed by atoms with van der Waals surface area (Å²) in [6, 6.07) is 6.56. The van der Waals surface area contributed by atoms with Gasteiger partial charge in [-0.05, 0) is 54.5 Å². The van der Waals surface area contributed by atoms with Crippen LogP contribution < -0.4 is 10.5 Å². The molecule has 0 spiro atoms. The van der Waals surface area contributed by atoms with Crippen LogP contribution in [0.1, 0.15) is 60.0 Å². The van der Waals surface area contributed by atoms with Gasteiger partial charge in [0.25, 0.3) is 5.91 Å². The topological polar surface area (TPSA) is 60.5 Å². The maximum absolute atomic E-state index is 14.8. The number of hydrogen-bond acceptors (Lipinski definition) is 3. The largest absolute Gasteiger partial charge is 0.573 e. The highest BCUT2D eigenvalue weighted by atomic mass is 35.5. The smallest absolute Gasteiger partial charge is 0.405 e. The fourth-order valence-corrected chi connectivity index (χ4v) is 4.85. The number of aromatic nitrogens is 1. The van der Waals surface area contributed by atoms with Crippen LogP contribution in [0.15, 0.2) is 36.5 Å². The normalized spacial score (nSPS) is 14.6. The van der Waals surface area contributed by atoms with Crippen LogP contribution in [0.4, 0.5) is 22.0 Å². The summed E-state index contributed by atoms with van der Waals surface area (Å²) in [5, 5.41) is -0.197. The zero-order chi connectivity index (χ0) is 26.0. The molecule has 2 aromatic carbocycles. The first-order chi connectivity index (χ1) is 17.1. The van der Waals surface area contributed by atoms with E-state index in [0.717, 1.165) is 24.1 Å². The summed E-state index contributed by atoms with van der Waals surface area (Å²) in [5.74, 6) is -2.31. The van der Waals surface area contributed by atoms with Gasteiger partial charge >= 0.3 is 6.36 Å². The molecule has 1 aliphatic heterocycles. The monoisotopic (exact) mass is 545 g/mol. The molecular weight excluding hydrogens is 517 g/mol. The molecule has 5 nitrogen and oxygen atoms in total. The van der Waals surface area contributed by atoms with Crippen molar-refractivity contribution in [3.63, 3.8) is 0 Å². The van der Waals surface area contributed by atoms with E-state index < -0.39 is 23.8 Å². The summed E-state index contributed by atoms with van der Waals surface area (Å²) in [4.78, 5) is 15.0. The second kappa shape index (κ2) is 11.7. The van der Waals surface area contributed by atoms with Crippen molar-refractivity contribution in [2.75, 3.05) is 13.1 Å². The molecule has 202 valence electrons. The van der Waals surface area contributed by atoms with Gasteiger partial charge in [0.05, 0.1) is 16.5 Å². The van der Waals surface area contributed by atoms with Crippen molar-refractivity contribution >= 4 is 29.2 Å². The fraction of sp³-hybridized carbons (Fsp3) is 0.423. The first kappa shape index (κ1) is 28.7. The number of nitrogens with two attached hydrogens (primary N) is 1. The number of likely N-dealkylation sites (tertiary alicyclic amines) is 1. The number of aryl methyl sites for hydroxylation is 1. The molecule has 11 heteroatoms. The Bertz CT molecular complexity index is 1250. The van der Waals surface area contributed by atoms with Gasteiger partial charge < -0.3 is 19.9 Å². The number of carbonyl (C=O) groups is 1. The Labute approximate surface area is 217 Å². The maximum atomic E-state index is 14.8. The van der Waals surface area contributed by atoms with E-state index in [9.17, 15) is 26.7 Å². The summed E-state index contributed by atoms with van der Waals surface area (Å²) in [7, 11) is 0. The van der Waals surface area contributed by atoms with Crippen molar-refractivity contribution < 1.29 is 31.5 Å². The van der Waals surface area contributed by atoms with E-state index in [4.69, 9.17) is 5.73 Å². The van der Waals surface area contributed by atoms with Gasteiger partial charge in [-0.25, -0.2) is 8.78 Å². The van der Waals surface area contributed by atoms with Gasteiger partial charge in [-0.1, -0.05) is 25.5 Å². The predicted octanol–water partition coefficient (Wildman–Crippen LogP) is 6.52. The summed E-state index contributed by atoms with van der Waals surface area (Å²) in [6.07, 6.45) is -1.21. The second-order valence-electron chi connectivity index (χ2n) is 9.03. The molecule has 2 N–H and O–H groups in total. The standard InChI is InChI=1S/C26H28F5N3O2.ClH/c1-2-3-10-34-15-19(23-22(36-26(29,30)31)7-6-21(28)24(23)34)25(35)33-11-8-17(9-12-33)18-13-16(14-32)4-5-20(18)27;/h4-7,13,15,17H,2-3,8-12,14,32H2,1H3;1H. The van der Waals surface area contributed by atoms with Crippen molar-refractivity contribution in [1.82, 2.24) is 9.47 Å². The van der Waals surface area contributed by atoms with E-state index in [-0.39, 0.29) is 60.2 Å². The molecule has 0 saturated carbocycles. The molecule has 1 fully saturated rings. The first-order valence-electron chi connectivity index (χ1n) is 12.0. The van der Waals surface area contributed by atoms with Crippen molar-refractivity contribution in [2.45, 2.75) is 58.0 Å². The highest BCUT2D eigenvalue weighted by molar-refractivity contribution is 6.09. The quantitative estimate of drug-likeness (QED) is 0.344. The lowest BCUT2D eigenvalue weighted by atomic mass is 9.88. The Morgan fingerprint density at radius 2 is 1.78 bits per heavy atom. The Kier molecular flexibility index (Phi) is 9.07. The van der Waals surface area contributed by atoms with E-state index in [1.165, 1.54) is 21.7 Å². The number of unbranched alkanes of at least 4 members (excludes halogenated alkanes) is 1. The highest BCUT2D eigenvalue weighted by Gasteiger charge is 2.35. The summed E-state index contributed by atoms with van der Waals surface area (Å²) in [6.45, 7) is 3.12. The molecule has 0 radical (unpaired) electrons. The van der Waals surface area contributed by atoms with Crippen molar-refractivity contribution in [1.29, 1.82) is 0 Å². The Morgan fingerprint density at radius 1 is 1.11 bits per heavy atom. The Hall–Kier alpha value is -2.85. The zero-order valence-electron chi connectivity index (χ0n) is 20.3. The van der Waals surface area contributed by atoms with Gasteiger partial charge in [0.2, 0.25) is 0 Å². The third-order valence-electron chi connectivity index (χ3n) is 6.66. The molecular formula is C26H29ClF5N3O2. The van der Waals surface area contributed by atoms with Crippen LogP contribution in [-0.2, 0) is 13.1 Å². The molecule has 1 saturated heterocycles. The number of piperidine rings is 1. The second-order valence-corrected chi connectivity index (χ2v) is 9.03. The number of halogens is 6. The number of alkyl halides is 3. The zero-order valence-corrected chi connectivity index (χ0v) is 21.1. The van der Waals surface area contributed by atoms with Crippen LogP contribution in [0.2, 0.25) is 0 Å². The Morgan fingerprint density at radius 3 is 2.41 bits per heavy atom. The number of hydrogen-bond donors (Lipinski definition) is 1. The van der Waals surface area contributed by atoms with Crippen LogP contribution in [0.5, 0.6) is 5.75 Å². The van der Waals surface area contributed by atoms with Crippen molar-refractivity contribution in [2.24, 2.45) is 5.73 Å². The Balaban J connectivity index is 0.00000380. The molecule has 37 heavy (non-hydrogen) atoms. The molecule has 1 aliphatic rings. The van der Waals surface area contributed by atoms with Crippen LogP contribution in [0, 0.1) is 11.6 Å². The number of nitrogens with zero attached hydrogens (tertiary/aromatic N) is 2. The van der Waals surface area contributed by atoms with Gasteiger partial charge in [0.15, 0.2) is 0 Å². The number of ether oxygens (including phenoxy) is 1. The lowest BCUT2D eigenvalue weighted by Crippen LogP contribution is -2.38. The summed E-state index contributed by atoms with van der Waals surface area (Å²) in [5.41, 5.74) is 6.89. The molecule has 1 amide bonds. The number of rotatable bonds is 7. The van der Waals surface area contributed by atoms with Crippen LogP contribution in [0.25, 0.3) is 10.9 Å². The summed E-state index contributed by atoms with van der Waals surface area (Å²) < 4.78 is 74.2. The lowest BCUT2D eigenvalue weighted by Gasteiger charge is -2.32. The van der Waals surface area contributed by atoms with E-state index in [0.29, 0.717) is 31.4 Å². The average molecular weight is 546 g/mol. The lowest BCUT2D eigenvalue weighted by molar-refractivity contribution is -0.274. The maximum Gasteiger partial charge on any atom is 0.573 e. The molecule has 0 atom stereocenters. The minimum absolute atomic E-state index is 0. The number of fused-ring (bicyclic) bond motifs is 1. The molecule has 3 aromatic rings. The van der Waals surface area contributed by atoms with Gasteiger partial charge in [0.1, 0.15) is 17.4 Å². The van der Waals surface area contributed by atoms with Gasteiger partial charge in [-0.15, -0.1) is 25.6 Å². The first-order valence-corrected chi connectivity index (χ1v) is 12.0. The summed E-state index contributed by atoms with van der Waals surface area (Å²) >= 11 is 0. The van der Waals surface area contributed by atoms with Gasteiger partial charge in [-0.3, -0.25) is 4.79 Å². The number of benzene rings is 2. The average Bonchev–Trinajstić information content (AvgIpc) is 3.24. The number of carbonyl (C=O) groups excluding carboxylic acids is 1. The van der Waals surface area contributed by atoms with Gasteiger partial charge in [0, 0.05) is 32.4 Å². The third kappa shape index (κ3) is 6.18. The minimum atomic E-state index is -5.00. The third-order valence-corrected chi connectivity index (χ3v) is 6.66. The minimum Gasteiger partial charge on any atom is -0.405 e. The fourth-order valence-electron chi connectivity index (χ4n) is 4.85. The molecule has 0 aliphatic carbocycles. The van der Waals surface area contributed by atoms with Crippen LogP contribution >= 0.6 is 12.4 Å². The van der Waals surface area contributed by atoms with E-state index in [2.05, 4.69) is 4.74 Å². The molecule has 1 aromatic heterocycles. The van der Waals surface area contributed by atoms with E-state index in [1.807, 2.05) is 6.92 Å². The van der Waals surface area contributed by atoms with E-state index >= 15 is 0 Å². The molecule has 2 heterocycles. The van der Waals surface area contributed by atoms with Crippen molar-refractivity contribution in [3.8, 4) is 5.75 Å². The molecule has 4 rings (SSSR count). The molecule has 0 bridgehead atoms. The van der Waals surface area contributed by atoms with E-state index in [1.54, 1.807) is 12.1 Å². The molecule has 0 unspecified atom stereocenters. The van der Waals surface area contributed by atoms with Crippen LogP contribution in [0.3, 0.4) is 0 Å². The van der Waals surface area contributed by atoms with Crippen LogP contribution in [-0.4, -0.2) is 34.8 Å².